The molecular weight excluding hydrogens is 1720 g/mol. The van der Waals surface area contributed by atoms with Gasteiger partial charge in [-0.15, -0.1) is 105 Å². The molecule has 5 aliphatic carbocycles. The molecule has 9 heteroatoms. The third-order valence-electron chi connectivity index (χ3n) is 19.3. The molecule has 3 heterocycles. The Hall–Kier alpha value is -6.30. The average Bonchev–Trinajstić information content (AvgIpc) is 0.747. The summed E-state index contributed by atoms with van der Waals surface area (Å²) in [6.07, 6.45) is 14.5. The smallest absolute Gasteiger partial charge is 0.648 e. The van der Waals surface area contributed by atoms with Gasteiger partial charge < -0.3 is 75.5 Å². The van der Waals surface area contributed by atoms with Crippen LogP contribution in [0.25, 0.3) is 82.0 Å². The summed E-state index contributed by atoms with van der Waals surface area (Å²) in [7, 11) is 0. The van der Waals surface area contributed by atoms with Gasteiger partial charge in [-0.1, -0.05) is 323 Å². The van der Waals surface area contributed by atoms with Gasteiger partial charge in [0.25, 0.3) is 0 Å². The van der Waals surface area contributed by atoms with Crippen LogP contribution >= 0.6 is 0 Å². The van der Waals surface area contributed by atoms with Crippen molar-refractivity contribution in [3.63, 3.8) is 0 Å². The summed E-state index contributed by atoms with van der Waals surface area (Å²) in [5.74, 6) is 2.66. The fourth-order valence-corrected chi connectivity index (χ4v) is 15.5. The summed E-state index contributed by atoms with van der Waals surface area (Å²) in [5.41, 5.74) is 12.7. The molecule has 0 radical (unpaired) electrons. The van der Waals surface area contributed by atoms with Gasteiger partial charge in [0.2, 0.25) is 0 Å². The molecule has 4 bridgehead atoms. The van der Waals surface area contributed by atoms with Crippen molar-refractivity contribution in [2.45, 2.75) is 127 Å². The number of rotatable bonds is 14. The van der Waals surface area contributed by atoms with Crippen molar-refractivity contribution in [2.24, 2.45) is 17.8 Å². The molecule has 5 saturated carbocycles. The third kappa shape index (κ3) is 20.6. The van der Waals surface area contributed by atoms with Crippen molar-refractivity contribution in [1.82, 2.24) is 15.0 Å². The van der Waals surface area contributed by atoms with Crippen LogP contribution < -0.4 is 0 Å². The maximum absolute atomic E-state index is 5.73. The largest absolute Gasteiger partial charge is 4.00 e. The topological polar surface area (TPSA) is 81.0 Å². The van der Waals surface area contributed by atoms with Gasteiger partial charge >= 0.3 is 77.5 Å². The first-order valence-corrected chi connectivity index (χ1v) is 33.5. The number of fused-ring (bicyclic) bond motifs is 3. The average molecular weight is 1820 g/mol. The van der Waals surface area contributed by atoms with E-state index in [1.54, 1.807) is 0 Å². The quantitative estimate of drug-likeness (QED) is 0.0803. The molecule has 5 aliphatic rings. The van der Waals surface area contributed by atoms with Gasteiger partial charge in [-0.25, -0.2) is 0 Å². The number of benzene rings is 9. The Morgan fingerprint density at radius 3 is 1.07 bits per heavy atom. The Morgan fingerprint density at radius 1 is 0.366 bits per heavy atom. The van der Waals surface area contributed by atoms with Gasteiger partial charge in [0.1, 0.15) is 0 Å². The van der Waals surface area contributed by atoms with E-state index in [2.05, 4.69) is 269 Å². The monoisotopic (exact) mass is 1830 g/mol. The first-order valence-electron chi connectivity index (χ1n) is 33.5. The maximum Gasteiger partial charge on any atom is 4.00 e. The zero-order valence-corrected chi connectivity index (χ0v) is 71.5. The van der Waals surface area contributed by atoms with Crippen molar-refractivity contribution in [1.29, 1.82) is 0 Å². The molecule has 0 saturated heterocycles. The normalized spacial score (nSPS) is 17.8. The van der Waals surface area contributed by atoms with Gasteiger partial charge in [0.05, 0.1) is 0 Å². The minimum atomic E-state index is -0.163. The summed E-state index contributed by atoms with van der Waals surface area (Å²) in [6.45, 7) is 6.39. The molecule has 12 aromatic rings. The molecule has 508 valence electrons. The van der Waals surface area contributed by atoms with Crippen LogP contribution in [0.3, 0.4) is 0 Å². The molecule has 3 aromatic heterocycles. The number of nitrogens with zero attached hydrogens (tertiary/aromatic N) is 6. The van der Waals surface area contributed by atoms with E-state index in [0.29, 0.717) is 6.04 Å². The second-order valence-electron chi connectivity index (χ2n) is 27.1. The van der Waals surface area contributed by atoms with Crippen LogP contribution in [0.2, 0.25) is 0 Å². The standard InChI is InChI=1S/C32H30N2.C28H26N2.C26H24N2.6CH3.3Hf/c1-2-9-26(10-3-1)31(34-32-19-22-16-23(20-32)18-24(17-22)21-32)30-15-7-14-29(33-30)28-13-6-11-25-8-4-5-12-27(25)28;1-3-12-22(13-4-1)28(29-23-15-5-2-6-16-23)27-20-10-19-26(30-27)25-18-9-14-21-11-7-8-17-24(21)25;1-26(2,3)28-25(20-12-5-4-6-13-20)24-18-10-17-23(27-24)22-16-9-14-19-11-7-8-15-21(19)22;;;;;;;;;/h1-12,14-15,22-24,31H,16-21H2;1,3-4,7-14,17,19-20,23,28H,2,5-6,15-16H2;4-15,17-18,25H,1-3H3;6*1H3;;;/q3*-2;6*-1;3*+4. The number of pyridine rings is 3. The van der Waals surface area contributed by atoms with Crippen molar-refractivity contribution >= 4 is 32.3 Å². The van der Waals surface area contributed by atoms with Crippen LogP contribution in [-0.2, 0) is 77.5 Å². The predicted octanol–water partition coefficient (Wildman–Crippen LogP) is 25.3. The van der Waals surface area contributed by atoms with E-state index in [1.165, 1.54) is 114 Å². The molecule has 6 nitrogen and oxygen atoms in total. The Labute approximate surface area is 664 Å². The SMILES string of the molecule is CC(C)(C)[N-]C(c1ccccc1)c1cccc(-c2[c-]ccc3ccccc23)n1.[CH3-].[CH3-].[CH3-].[CH3-].[CH3-].[CH3-].[Hf+4].[Hf+4].[Hf+4].[c-]1ccc2ccccc2c1-c1cccc(C([N-]C23CC4CC(CC(C4)C2)C3)c2ccccc2)n1.[c-]1ccc2ccccc2c1-c1cccc(C([N-]C2CCCCC2)c2ccccc2)n1. The van der Waals surface area contributed by atoms with E-state index < -0.39 is 0 Å². The molecule has 9 aromatic carbocycles. The van der Waals surface area contributed by atoms with Crippen LogP contribution in [0.15, 0.2) is 255 Å². The Bertz CT molecular complexity index is 4390. The van der Waals surface area contributed by atoms with Gasteiger partial charge in [-0.05, 0) is 72.3 Å². The Morgan fingerprint density at radius 2 is 0.693 bits per heavy atom. The molecule has 3 unspecified atom stereocenters. The second-order valence-corrected chi connectivity index (χ2v) is 27.1. The van der Waals surface area contributed by atoms with Crippen LogP contribution in [0.4, 0.5) is 0 Å². The maximum atomic E-state index is 5.73. The van der Waals surface area contributed by atoms with Gasteiger partial charge in [-0.2, -0.15) is 0 Å². The van der Waals surface area contributed by atoms with Gasteiger partial charge in [0.15, 0.2) is 0 Å². The fraction of sp³-hybridized carbons (Fsp3) is 0.250. The summed E-state index contributed by atoms with van der Waals surface area (Å²) in [4.78, 5) is 15.4. The van der Waals surface area contributed by atoms with Crippen LogP contribution in [0.5, 0.6) is 0 Å². The van der Waals surface area contributed by atoms with E-state index in [0.717, 1.165) is 74.2 Å². The zero-order chi connectivity index (χ0) is 62.3. The number of aromatic nitrogens is 3. The van der Waals surface area contributed by atoms with Gasteiger partial charge in [0, 0.05) is 17.1 Å². The zero-order valence-electron chi connectivity index (χ0n) is 60.8. The van der Waals surface area contributed by atoms with E-state index in [-0.39, 0.29) is 151 Å². The summed E-state index contributed by atoms with van der Waals surface area (Å²) in [5, 5.41) is 23.3. The molecular formula is C92H98Hf3N6. The number of hydrogen-bond acceptors (Lipinski definition) is 3. The molecule has 5 fully saturated rings. The van der Waals surface area contributed by atoms with E-state index in [1.807, 2.05) is 24.3 Å². The van der Waals surface area contributed by atoms with E-state index >= 15 is 0 Å². The second kappa shape index (κ2) is 39.5. The van der Waals surface area contributed by atoms with Crippen molar-refractivity contribution in [2.75, 3.05) is 0 Å². The first-order chi connectivity index (χ1) is 45.1. The molecule has 0 spiro atoms. The minimum absolute atomic E-state index is 0. The fourth-order valence-electron chi connectivity index (χ4n) is 15.5. The van der Waals surface area contributed by atoms with Crippen molar-refractivity contribution in [3.05, 3.63) is 367 Å². The molecule has 101 heavy (non-hydrogen) atoms. The summed E-state index contributed by atoms with van der Waals surface area (Å²) in [6, 6.07) is 99.0. The molecule has 0 N–H and O–H groups in total. The van der Waals surface area contributed by atoms with E-state index in [9.17, 15) is 0 Å². The van der Waals surface area contributed by atoms with Crippen LogP contribution in [-0.4, -0.2) is 32.1 Å². The van der Waals surface area contributed by atoms with E-state index in [4.69, 9.17) is 30.9 Å². The number of hydrogen-bond donors (Lipinski definition) is 0. The first kappa shape index (κ1) is 85.3. The molecule has 0 amide bonds. The van der Waals surface area contributed by atoms with Crippen molar-refractivity contribution < 1.29 is 77.5 Å². The molecule has 3 atom stereocenters. The Balaban J connectivity index is 0.000000263. The summed E-state index contributed by atoms with van der Waals surface area (Å²) < 4.78 is 0. The van der Waals surface area contributed by atoms with Crippen molar-refractivity contribution in [3.8, 4) is 33.8 Å². The van der Waals surface area contributed by atoms with Gasteiger partial charge in [-0.3, -0.25) is 0 Å². The molecule has 0 aliphatic heterocycles. The minimum Gasteiger partial charge on any atom is -0.648 e. The Kier molecular flexibility index (Phi) is 33.4. The summed E-state index contributed by atoms with van der Waals surface area (Å²) >= 11 is 0. The predicted molar refractivity (Wildman–Crippen MR) is 419 cm³/mol. The molecule has 17 rings (SSSR count). The third-order valence-corrected chi connectivity index (χ3v) is 19.3. The van der Waals surface area contributed by atoms with Crippen LogP contribution in [0, 0.1) is 80.5 Å². The van der Waals surface area contributed by atoms with Crippen LogP contribution in [0.1, 0.15) is 143 Å².